The first-order valence-corrected chi connectivity index (χ1v) is 8.00. The fourth-order valence-corrected chi connectivity index (χ4v) is 4.22. The van der Waals surface area contributed by atoms with Gasteiger partial charge in [-0.05, 0) is 55.8 Å². The van der Waals surface area contributed by atoms with Crippen LogP contribution in [0, 0.1) is 23.2 Å². The Bertz CT molecular complexity index is 354. The molecule has 0 bridgehead atoms. The zero-order valence-corrected chi connectivity index (χ0v) is 12.3. The summed E-state index contributed by atoms with van der Waals surface area (Å²) in [6.45, 7) is 6.19. The topological polar surface area (TPSA) is 40.5 Å². The van der Waals surface area contributed by atoms with Crippen LogP contribution in [-0.4, -0.2) is 35.1 Å². The smallest absolute Gasteiger partial charge is 0.225 e. The molecular formula is C16H27NO2. The molecule has 1 aliphatic heterocycles. The average molecular weight is 265 g/mol. The molecule has 1 amide bonds. The monoisotopic (exact) mass is 265 g/mol. The molecule has 1 heterocycles. The Morgan fingerprint density at radius 2 is 1.79 bits per heavy atom. The Morgan fingerprint density at radius 3 is 2.26 bits per heavy atom. The first kappa shape index (κ1) is 13.4. The summed E-state index contributed by atoms with van der Waals surface area (Å²) in [4.78, 5) is 14.1. The van der Waals surface area contributed by atoms with Gasteiger partial charge < -0.3 is 10.0 Å². The van der Waals surface area contributed by atoms with Crippen molar-refractivity contribution in [2.45, 2.75) is 58.5 Å². The van der Waals surface area contributed by atoms with Crippen LogP contribution < -0.4 is 0 Å². The van der Waals surface area contributed by atoms with E-state index < -0.39 is 0 Å². The second-order valence-corrected chi connectivity index (χ2v) is 7.35. The third-order valence-corrected chi connectivity index (χ3v) is 5.86. The van der Waals surface area contributed by atoms with E-state index in [1.54, 1.807) is 0 Å². The molecule has 3 nitrogen and oxygen atoms in total. The second-order valence-electron chi connectivity index (χ2n) is 7.35. The van der Waals surface area contributed by atoms with Crippen molar-refractivity contribution < 1.29 is 9.90 Å². The van der Waals surface area contributed by atoms with Gasteiger partial charge in [0.1, 0.15) is 0 Å². The van der Waals surface area contributed by atoms with Gasteiger partial charge in [0.05, 0.1) is 6.10 Å². The Kier molecular flexibility index (Phi) is 3.36. The lowest BCUT2D eigenvalue weighted by molar-refractivity contribution is -0.136. The quantitative estimate of drug-likeness (QED) is 0.833. The number of hydrogen-bond acceptors (Lipinski definition) is 2. The first-order valence-electron chi connectivity index (χ1n) is 8.00. The normalized spacial score (nSPS) is 34.2. The van der Waals surface area contributed by atoms with E-state index in [9.17, 15) is 9.90 Å². The van der Waals surface area contributed by atoms with Gasteiger partial charge in [-0.2, -0.15) is 0 Å². The number of carbonyl (C=O) groups is 1. The highest BCUT2D eigenvalue weighted by Gasteiger charge is 2.50. The van der Waals surface area contributed by atoms with Crippen LogP contribution in [0.4, 0.5) is 0 Å². The number of hydrogen-bond donors (Lipinski definition) is 1. The largest absolute Gasteiger partial charge is 0.392 e. The Balaban J connectivity index is 1.61. The number of likely N-dealkylation sites (tertiary alicyclic amines) is 1. The van der Waals surface area contributed by atoms with Crippen molar-refractivity contribution in [3.05, 3.63) is 0 Å². The van der Waals surface area contributed by atoms with Crippen molar-refractivity contribution in [2.24, 2.45) is 23.2 Å². The predicted octanol–water partition coefficient (Wildman–Crippen LogP) is 2.43. The third-order valence-electron chi connectivity index (χ3n) is 5.86. The number of aliphatic hydroxyl groups is 1. The van der Waals surface area contributed by atoms with Crippen LogP contribution in [0.25, 0.3) is 0 Å². The van der Waals surface area contributed by atoms with Gasteiger partial charge in [0.25, 0.3) is 0 Å². The molecular weight excluding hydrogens is 238 g/mol. The molecule has 0 aromatic carbocycles. The Labute approximate surface area is 116 Å². The molecule has 0 radical (unpaired) electrons. The van der Waals surface area contributed by atoms with Gasteiger partial charge in [-0.15, -0.1) is 0 Å². The summed E-state index contributed by atoms with van der Waals surface area (Å²) in [5.41, 5.74) is 0.120. The van der Waals surface area contributed by atoms with Gasteiger partial charge in [-0.25, -0.2) is 0 Å². The number of carbonyl (C=O) groups excluding carboxylic acids is 1. The molecule has 1 saturated heterocycles. The van der Waals surface area contributed by atoms with Crippen LogP contribution >= 0.6 is 0 Å². The van der Waals surface area contributed by atoms with Crippen molar-refractivity contribution >= 4 is 5.91 Å². The van der Waals surface area contributed by atoms with E-state index >= 15 is 0 Å². The molecule has 3 aliphatic rings. The zero-order valence-electron chi connectivity index (χ0n) is 12.3. The number of amides is 1. The summed E-state index contributed by atoms with van der Waals surface area (Å²) in [7, 11) is 0. The van der Waals surface area contributed by atoms with E-state index in [1.807, 2.05) is 0 Å². The van der Waals surface area contributed by atoms with E-state index in [4.69, 9.17) is 0 Å². The van der Waals surface area contributed by atoms with Crippen molar-refractivity contribution in [1.29, 1.82) is 0 Å². The van der Waals surface area contributed by atoms with Crippen LogP contribution in [0.5, 0.6) is 0 Å². The average Bonchev–Trinajstić information content (AvgIpc) is 3.18. The van der Waals surface area contributed by atoms with Gasteiger partial charge >= 0.3 is 0 Å². The third kappa shape index (κ3) is 2.31. The van der Waals surface area contributed by atoms with Gasteiger partial charge in [-0.1, -0.05) is 13.8 Å². The summed E-state index contributed by atoms with van der Waals surface area (Å²) in [6, 6.07) is 0. The molecule has 19 heavy (non-hydrogen) atoms. The second kappa shape index (κ2) is 4.76. The van der Waals surface area contributed by atoms with Gasteiger partial charge in [0, 0.05) is 19.0 Å². The summed E-state index contributed by atoms with van der Waals surface area (Å²) in [5.74, 6) is 1.75. The Morgan fingerprint density at radius 1 is 1.16 bits per heavy atom. The van der Waals surface area contributed by atoms with Crippen molar-refractivity contribution in [3.63, 3.8) is 0 Å². The maximum absolute atomic E-state index is 12.1. The summed E-state index contributed by atoms with van der Waals surface area (Å²) in [5, 5.41) is 10.7. The van der Waals surface area contributed by atoms with Crippen molar-refractivity contribution in [2.75, 3.05) is 13.1 Å². The lowest BCUT2D eigenvalue weighted by Crippen LogP contribution is -2.47. The van der Waals surface area contributed by atoms with E-state index in [-0.39, 0.29) is 11.5 Å². The minimum Gasteiger partial charge on any atom is -0.392 e. The fraction of sp³-hybridized carbons (Fsp3) is 0.938. The number of piperidine rings is 1. The lowest BCUT2D eigenvalue weighted by Gasteiger charge is -2.42. The molecule has 2 unspecified atom stereocenters. The molecule has 1 spiro atoms. The fourth-order valence-electron chi connectivity index (χ4n) is 4.22. The Hall–Kier alpha value is -0.570. The zero-order chi connectivity index (χ0) is 13.6. The maximum Gasteiger partial charge on any atom is 0.225 e. The van der Waals surface area contributed by atoms with Crippen LogP contribution in [0.15, 0.2) is 0 Å². The highest BCUT2D eigenvalue weighted by Crippen LogP contribution is 2.51. The highest BCUT2D eigenvalue weighted by molar-refractivity contribution is 5.81. The van der Waals surface area contributed by atoms with Crippen LogP contribution in [-0.2, 0) is 4.79 Å². The number of rotatable bonds is 2. The molecule has 1 N–H and O–H groups in total. The van der Waals surface area contributed by atoms with Crippen molar-refractivity contribution in [1.82, 2.24) is 4.90 Å². The molecule has 3 rings (SSSR count). The molecule has 2 aliphatic carbocycles. The molecule has 0 aromatic heterocycles. The van der Waals surface area contributed by atoms with Gasteiger partial charge in [-0.3, -0.25) is 4.79 Å². The number of nitrogens with zero attached hydrogens (tertiary/aromatic N) is 1. The molecule has 3 fully saturated rings. The standard InChI is InChI=1S/C16H27NO2/c1-11(2)13-5-6-16(14(13)18)7-9-17(10-8-16)15(19)12-3-4-12/h11-14,18H,3-10H2,1-2H3. The van der Waals surface area contributed by atoms with E-state index in [0.29, 0.717) is 23.7 Å². The minimum absolute atomic E-state index is 0.120. The lowest BCUT2D eigenvalue weighted by atomic mass is 9.73. The highest BCUT2D eigenvalue weighted by atomic mass is 16.3. The summed E-state index contributed by atoms with van der Waals surface area (Å²) >= 11 is 0. The van der Waals surface area contributed by atoms with Gasteiger partial charge in [0.15, 0.2) is 0 Å². The first-order chi connectivity index (χ1) is 9.03. The maximum atomic E-state index is 12.1. The molecule has 3 heteroatoms. The van der Waals surface area contributed by atoms with Crippen molar-refractivity contribution in [3.8, 4) is 0 Å². The minimum atomic E-state index is -0.148. The predicted molar refractivity (Wildman–Crippen MR) is 74.5 cm³/mol. The number of aliphatic hydroxyl groups excluding tert-OH is 1. The van der Waals surface area contributed by atoms with Gasteiger partial charge in [0.2, 0.25) is 5.91 Å². The van der Waals surface area contributed by atoms with Crippen LogP contribution in [0.1, 0.15) is 52.4 Å². The van der Waals surface area contributed by atoms with Crippen LogP contribution in [0.3, 0.4) is 0 Å². The summed E-state index contributed by atoms with van der Waals surface area (Å²) < 4.78 is 0. The molecule has 2 atom stereocenters. The molecule has 108 valence electrons. The summed E-state index contributed by atoms with van der Waals surface area (Å²) in [6.07, 6.45) is 6.38. The molecule has 0 aromatic rings. The van der Waals surface area contributed by atoms with Crippen LogP contribution in [0.2, 0.25) is 0 Å². The van der Waals surface area contributed by atoms with E-state index in [0.717, 1.165) is 51.6 Å². The van der Waals surface area contributed by atoms with E-state index in [2.05, 4.69) is 18.7 Å². The molecule has 2 saturated carbocycles. The van der Waals surface area contributed by atoms with E-state index in [1.165, 1.54) is 0 Å². The SMILES string of the molecule is CC(C)C1CCC2(CCN(C(=O)C3CC3)CC2)C1O.